The van der Waals surface area contributed by atoms with Crippen LogP contribution in [0.25, 0.3) is 0 Å². The average Bonchev–Trinajstić information content (AvgIpc) is 2.48. The van der Waals surface area contributed by atoms with Crippen molar-refractivity contribution in [1.29, 1.82) is 0 Å². The highest BCUT2D eigenvalue weighted by Gasteiger charge is 2.03. The predicted molar refractivity (Wildman–Crippen MR) is 84.5 cm³/mol. The molecule has 0 unspecified atom stereocenters. The van der Waals surface area contributed by atoms with Gasteiger partial charge in [-0.3, -0.25) is 0 Å². The van der Waals surface area contributed by atoms with Gasteiger partial charge in [0.15, 0.2) is 0 Å². The van der Waals surface area contributed by atoms with E-state index >= 15 is 0 Å². The quantitative estimate of drug-likeness (QED) is 0.666. The summed E-state index contributed by atoms with van der Waals surface area (Å²) in [4.78, 5) is 0. The van der Waals surface area contributed by atoms with Gasteiger partial charge in [0.2, 0.25) is 0 Å². The van der Waals surface area contributed by atoms with Crippen LogP contribution in [-0.4, -0.2) is 15.3 Å². The summed E-state index contributed by atoms with van der Waals surface area (Å²) >= 11 is 0. The molecule has 5 nitrogen and oxygen atoms in total. The normalized spacial score (nSPS) is 10.3. The van der Waals surface area contributed by atoms with E-state index in [1.807, 2.05) is 0 Å². The Hall–Kier alpha value is -3.34. The van der Waals surface area contributed by atoms with Crippen molar-refractivity contribution in [3.63, 3.8) is 0 Å². The van der Waals surface area contributed by atoms with Crippen LogP contribution in [0, 0.1) is 0 Å². The summed E-state index contributed by atoms with van der Waals surface area (Å²) in [7, 11) is 0. The minimum absolute atomic E-state index is 0.0798. The fourth-order valence-corrected chi connectivity index (χ4v) is 2.02. The van der Waals surface area contributed by atoms with Crippen molar-refractivity contribution in [2.75, 3.05) is 0 Å². The van der Waals surface area contributed by atoms with Gasteiger partial charge in [0.05, 0.1) is 0 Å². The molecule has 0 fully saturated rings. The maximum Gasteiger partial charge on any atom is 0.134 e. The van der Waals surface area contributed by atoms with E-state index in [0.717, 1.165) is 0 Å². The highest BCUT2D eigenvalue weighted by molar-refractivity contribution is 5.44. The van der Waals surface area contributed by atoms with Crippen molar-refractivity contribution in [3.8, 4) is 40.2 Å². The molecule has 0 radical (unpaired) electrons. The summed E-state index contributed by atoms with van der Waals surface area (Å²) in [5, 5.41) is 28.2. The molecule has 23 heavy (non-hydrogen) atoms. The van der Waals surface area contributed by atoms with Crippen LogP contribution in [0.5, 0.6) is 40.2 Å². The Bertz CT molecular complexity index is 792. The number of rotatable bonds is 4. The fraction of sp³-hybridized carbons (Fsp3) is 0. The molecule has 3 aromatic rings. The summed E-state index contributed by atoms with van der Waals surface area (Å²) in [6.45, 7) is 0. The number of benzene rings is 3. The molecule has 0 spiro atoms. The first-order chi connectivity index (χ1) is 11.1. The van der Waals surface area contributed by atoms with Gasteiger partial charge < -0.3 is 24.8 Å². The Labute approximate surface area is 132 Å². The number of phenolic OH excluding ortho intramolecular Hbond substituents is 3. The van der Waals surface area contributed by atoms with E-state index in [9.17, 15) is 15.3 Å². The zero-order valence-electron chi connectivity index (χ0n) is 12.0. The summed E-state index contributed by atoms with van der Waals surface area (Å²) in [5.74, 6) is 1.93. The van der Waals surface area contributed by atoms with Gasteiger partial charge in [-0.2, -0.15) is 0 Å². The molecular formula is C18H14O5. The molecule has 0 bridgehead atoms. The Morgan fingerprint density at radius 1 is 0.478 bits per heavy atom. The Kier molecular flexibility index (Phi) is 3.93. The first kappa shape index (κ1) is 14.6. The lowest BCUT2D eigenvalue weighted by Crippen LogP contribution is -1.86. The SMILES string of the molecule is Oc1cccc(Oc2ccc(Oc3cc(O)cc(O)c3)cc2)c1. The van der Waals surface area contributed by atoms with Crippen molar-refractivity contribution in [1.82, 2.24) is 0 Å². The van der Waals surface area contributed by atoms with E-state index in [0.29, 0.717) is 23.0 Å². The molecule has 3 rings (SSSR count). The summed E-state index contributed by atoms with van der Waals surface area (Å²) in [6, 6.07) is 17.3. The highest BCUT2D eigenvalue weighted by atomic mass is 16.5. The molecule has 116 valence electrons. The summed E-state index contributed by atoms with van der Waals surface area (Å²) in [5.41, 5.74) is 0. The lowest BCUT2D eigenvalue weighted by atomic mass is 10.3. The van der Waals surface area contributed by atoms with Crippen LogP contribution in [0.1, 0.15) is 0 Å². The van der Waals surface area contributed by atoms with Gasteiger partial charge in [0, 0.05) is 24.3 Å². The van der Waals surface area contributed by atoms with Gasteiger partial charge in [-0.15, -0.1) is 0 Å². The van der Waals surface area contributed by atoms with Gasteiger partial charge in [-0.05, 0) is 36.4 Å². The third-order valence-electron chi connectivity index (χ3n) is 2.99. The number of hydrogen-bond donors (Lipinski definition) is 3. The number of phenols is 3. The first-order valence-corrected chi connectivity index (χ1v) is 6.86. The van der Waals surface area contributed by atoms with Crippen LogP contribution >= 0.6 is 0 Å². The smallest absolute Gasteiger partial charge is 0.134 e. The van der Waals surface area contributed by atoms with Crippen LogP contribution in [0.15, 0.2) is 66.7 Å². The van der Waals surface area contributed by atoms with E-state index in [1.54, 1.807) is 42.5 Å². The van der Waals surface area contributed by atoms with Crippen LogP contribution in [0.2, 0.25) is 0 Å². The van der Waals surface area contributed by atoms with Gasteiger partial charge >= 0.3 is 0 Å². The van der Waals surface area contributed by atoms with Crippen LogP contribution < -0.4 is 9.47 Å². The maximum absolute atomic E-state index is 9.42. The third kappa shape index (κ3) is 3.85. The molecule has 5 heteroatoms. The maximum atomic E-state index is 9.42. The second-order valence-corrected chi connectivity index (χ2v) is 4.86. The average molecular weight is 310 g/mol. The van der Waals surface area contributed by atoms with Crippen molar-refractivity contribution in [2.24, 2.45) is 0 Å². The lowest BCUT2D eigenvalue weighted by Gasteiger charge is -2.09. The van der Waals surface area contributed by atoms with Crippen molar-refractivity contribution < 1.29 is 24.8 Å². The zero-order valence-corrected chi connectivity index (χ0v) is 12.0. The molecule has 0 aromatic heterocycles. The number of ether oxygens (including phenoxy) is 2. The Morgan fingerprint density at radius 2 is 1.00 bits per heavy atom. The molecule has 0 aliphatic rings. The summed E-state index contributed by atoms with van der Waals surface area (Å²) < 4.78 is 11.2. The van der Waals surface area contributed by atoms with Gasteiger partial charge in [0.1, 0.15) is 40.2 Å². The molecular weight excluding hydrogens is 296 g/mol. The van der Waals surface area contributed by atoms with Gasteiger partial charge in [-0.25, -0.2) is 0 Å². The van der Waals surface area contributed by atoms with Crippen LogP contribution in [0.4, 0.5) is 0 Å². The molecule has 0 saturated heterocycles. The first-order valence-electron chi connectivity index (χ1n) is 6.86. The summed E-state index contributed by atoms with van der Waals surface area (Å²) in [6.07, 6.45) is 0. The third-order valence-corrected chi connectivity index (χ3v) is 2.99. The van der Waals surface area contributed by atoms with E-state index in [1.165, 1.54) is 24.3 Å². The minimum Gasteiger partial charge on any atom is -0.508 e. The molecule has 0 aliphatic heterocycles. The van der Waals surface area contributed by atoms with Crippen LogP contribution in [0.3, 0.4) is 0 Å². The second-order valence-electron chi connectivity index (χ2n) is 4.86. The number of aromatic hydroxyl groups is 3. The molecule has 0 atom stereocenters. The predicted octanol–water partition coefficient (Wildman–Crippen LogP) is 4.39. The van der Waals surface area contributed by atoms with Crippen molar-refractivity contribution in [2.45, 2.75) is 0 Å². The largest absolute Gasteiger partial charge is 0.508 e. The fourth-order valence-electron chi connectivity index (χ4n) is 2.02. The standard InChI is InChI=1S/C18H14O5/c19-12-2-1-3-17(9-12)22-15-4-6-16(7-5-15)23-18-10-13(20)8-14(21)11-18/h1-11,19-21H. The van der Waals surface area contributed by atoms with Gasteiger partial charge in [-0.1, -0.05) is 6.07 Å². The van der Waals surface area contributed by atoms with E-state index < -0.39 is 0 Å². The molecule has 0 aliphatic carbocycles. The van der Waals surface area contributed by atoms with E-state index in [4.69, 9.17) is 9.47 Å². The van der Waals surface area contributed by atoms with Crippen molar-refractivity contribution >= 4 is 0 Å². The zero-order chi connectivity index (χ0) is 16.2. The monoisotopic (exact) mass is 310 g/mol. The van der Waals surface area contributed by atoms with Crippen LogP contribution in [-0.2, 0) is 0 Å². The Morgan fingerprint density at radius 3 is 1.57 bits per heavy atom. The van der Waals surface area contributed by atoms with E-state index in [-0.39, 0.29) is 17.2 Å². The molecule has 0 heterocycles. The molecule has 0 saturated carbocycles. The Balaban J connectivity index is 1.71. The second kappa shape index (κ2) is 6.19. The van der Waals surface area contributed by atoms with E-state index in [2.05, 4.69) is 0 Å². The topological polar surface area (TPSA) is 79.2 Å². The highest BCUT2D eigenvalue weighted by Crippen LogP contribution is 2.31. The lowest BCUT2D eigenvalue weighted by molar-refractivity contribution is 0.430. The minimum atomic E-state index is -0.0798. The van der Waals surface area contributed by atoms with Crippen molar-refractivity contribution in [3.05, 3.63) is 66.7 Å². The molecule has 3 N–H and O–H groups in total. The molecule has 3 aromatic carbocycles. The van der Waals surface area contributed by atoms with Gasteiger partial charge in [0.25, 0.3) is 0 Å². The number of hydrogen-bond acceptors (Lipinski definition) is 5. The molecule has 0 amide bonds.